The van der Waals surface area contributed by atoms with E-state index in [0.717, 1.165) is 5.56 Å². The second-order valence-corrected chi connectivity index (χ2v) is 10.4. The Hall–Kier alpha value is -0.860. The number of hydrogen-bond acceptors (Lipinski definition) is 5. The van der Waals surface area contributed by atoms with E-state index in [1.807, 2.05) is 16.8 Å². The number of fused-ring (bicyclic) bond motifs is 1. The molecule has 0 aliphatic carbocycles. The molecule has 3 atom stereocenters. The lowest BCUT2D eigenvalue weighted by Gasteiger charge is -2.44. The second-order valence-electron chi connectivity index (χ2n) is 6.17. The standard InChI is InChI=1S/C13H17N2O5PS2/c1-13(2)12(21(18,19)20)15-10(17)9(11(15)23-13)14-8(16)5-7-3-4-22-6-7/h3-4,6,9,11-12H,5H2,1-2H3,(H,14,16)(H2,18,19,20)/t9?,11-,12?/m1/s1. The third-order valence-corrected chi connectivity index (χ3v) is 7.98. The maximum absolute atomic E-state index is 12.3. The van der Waals surface area contributed by atoms with E-state index < -0.39 is 35.4 Å². The van der Waals surface area contributed by atoms with Gasteiger partial charge in [-0.3, -0.25) is 14.2 Å². The summed E-state index contributed by atoms with van der Waals surface area (Å²) in [4.78, 5) is 44.7. The molecule has 2 unspecified atom stereocenters. The summed E-state index contributed by atoms with van der Waals surface area (Å²) in [6.45, 7) is 3.41. The minimum Gasteiger partial charge on any atom is -0.341 e. The summed E-state index contributed by atoms with van der Waals surface area (Å²) in [5, 5.41) is 6.00. The molecular weight excluding hydrogens is 359 g/mol. The van der Waals surface area contributed by atoms with Crippen LogP contribution in [0.2, 0.25) is 0 Å². The largest absolute Gasteiger partial charge is 0.349 e. The summed E-state index contributed by atoms with van der Waals surface area (Å²) in [5.74, 6) is -1.85. The number of hydrogen-bond donors (Lipinski definition) is 3. The second kappa shape index (κ2) is 5.60. The fourth-order valence-corrected chi connectivity index (χ4v) is 7.34. The normalized spacial score (nSPS) is 29.1. The van der Waals surface area contributed by atoms with Gasteiger partial charge in [0.1, 0.15) is 17.2 Å². The van der Waals surface area contributed by atoms with Gasteiger partial charge in [0.15, 0.2) is 0 Å². The lowest BCUT2D eigenvalue weighted by atomic mass is 10.0. The molecule has 3 heterocycles. The van der Waals surface area contributed by atoms with Crippen molar-refractivity contribution in [2.45, 2.75) is 42.2 Å². The van der Waals surface area contributed by atoms with Gasteiger partial charge in [0, 0.05) is 4.75 Å². The van der Waals surface area contributed by atoms with Gasteiger partial charge >= 0.3 is 7.60 Å². The van der Waals surface area contributed by atoms with E-state index in [4.69, 9.17) is 0 Å². The summed E-state index contributed by atoms with van der Waals surface area (Å²) in [7, 11) is -4.45. The maximum Gasteiger partial charge on any atom is 0.349 e. The first-order valence-corrected chi connectivity index (χ1v) is 10.5. The van der Waals surface area contributed by atoms with Crippen molar-refractivity contribution in [1.29, 1.82) is 0 Å². The number of nitrogens with zero attached hydrogens (tertiary/aromatic N) is 1. The highest BCUT2D eigenvalue weighted by atomic mass is 32.2. The SMILES string of the molecule is CC1(C)S[C@@H]2C(NC(=O)Cc3ccsc3)C(=O)N2C1P(=O)(O)O. The van der Waals surface area contributed by atoms with E-state index in [-0.39, 0.29) is 12.3 Å². The molecule has 1 aromatic heterocycles. The molecule has 3 rings (SSSR count). The number of amides is 2. The number of β-lactam (4-membered cyclic amide) rings is 1. The highest BCUT2D eigenvalue weighted by Gasteiger charge is 2.66. The van der Waals surface area contributed by atoms with Gasteiger partial charge in [0.05, 0.1) is 6.42 Å². The highest BCUT2D eigenvalue weighted by Crippen LogP contribution is 2.62. The molecular formula is C13H17N2O5PS2. The molecule has 2 aliphatic rings. The Balaban J connectivity index is 1.70. The summed E-state index contributed by atoms with van der Waals surface area (Å²) in [6, 6.07) is 1.12. The molecule has 2 aliphatic heterocycles. The number of thioether (sulfide) groups is 1. The smallest absolute Gasteiger partial charge is 0.341 e. The summed E-state index contributed by atoms with van der Waals surface area (Å²) < 4.78 is 11.0. The summed E-state index contributed by atoms with van der Waals surface area (Å²) in [6.07, 6.45) is 0.190. The van der Waals surface area contributed by atoms with Gasteiger partial charge in [-0.25, -0.2) is 0 Å². The van der Waals surface area contributed by atoms with E-state index >= 15 is 0 Å². The molecule has 2 saturated heterocycles. The van der Waals surface area contributed by atoms with Gasteiger partial charge in [-0.05, 0) is 36.2 Å². The van der Waals surface area contributed by atoms with Crippen LogP contribution in [-0.4, -0.2) is 48.4 Å². The van der Waals surface area contributed by atoms with E-state index in [1.54, 1.807) is 13.8 Å². The Morgan fingerprint density at radius 3 is 2.74 bits per heavy atom. The molecule has 0 saturated carbocycles. The van der Waals surface area contributed by atoms with Crippen LogP contribution < -0.4 is 5.32 Å². The van der Waals surface area contributed by atoms with Crippen LogP contribution in [0.25, 0.3) is 0 Å². The predicted octanol–water partition coefficient (Wildman–Crippen LogP) is 0.973. The zero-order valence-electron chi connectivity index (χ0n) is 12.5. The van der Waals surface area contributed by atoms with Crippen LogP contribution in [0.5, 0.6) is 0 Å². The van der Waals surface area contributed by atoms with Gasteiger partial charge in [-0.15, -0.1) is 11.8 Å². The first-order valence-electron chi connectivity index (χ1n) is 6.97. The van der Waals surface area contributed by atoms with Crippen molar-refractivity contribution in [3.05, 3.63) is 22.4 Å². The number of rotatable bonds is 4. The molecule has 7 nitrogen and oxygen atoms in total. The van der Waals surface area contributed by atoms with Gasteiger partial charge in [-0.2, -0.15) is 11.3 Å². The number of nitrogens with one attached hydrogen (secondary N) is 1. The zero-order chi connectivity index (χ0) is 17.0. The van der Waals surface area contributed by atoms with Crippen molar-refractivity contribution >= 4 is 42.5 Å². The molecule has 2 amide bonds. The molecule has 10 heteroatoms. The van der Waals surface area contributed by atoms with Crippen molar-refractivity contribution in [2.75, 3.05) is 0 Å². The third-order valence-electron chi connectivity index (χ3n) is 3.97. The summed E-state index contributed by atoms with van der Waals surface area (Å²) >= 11 is 2.81. The van der Waals surface area contributed by atoms with Gasteiger partial charge < -0.3 is 20.0 Å². The predicted molar refractivity (Wildman–Crippen MR) is 88.1 cm³/mol. The molecule has 126 valence electrons. The van der Waals surface area contributed by atoms with Crippen LogP contribution in [0.15, 0.2) is 16.8 Å². The molecule has 0 radical (unpaired) electrons. The first-order chi connectivity index (χ1) is 10.6. The Morgan fingerprint density at radius 1 is 1.48 bits per heavy atom. The fraction of sp³-hybridized carbons (Fsp3) is 0.538. The minimum atomic E-state index is -4.45. The van der Waals surface area contributed by atoms with Crippen molar-refractivity contribution in [1.82, 2.24) is 10.2 Å². The maximum atomic E-state index is 12.3. The fourth-order valence-electron chi connectivity index (χ4n) is 3.08. The van der Waals surface area contributed by atoms with Crippen LogP contribution in [0, 0.1) is 0 Å². The third kappa shape index (κ3) is 2.96. The average molecular weight is 376 g/mol. The Morgan fingerprint density at radius 2 is 2.17 bits per heavy atom. The summed E-state index contributed by atoms with van der Waals surface area (Å²) in [5.41, 5.74) is 0.878. The molecule has 0 spiro atoms. The van der Waals surface area contributed by atoms with Crippen LogP contribution in [0.1, 0.15) is 19.4 Å². The average Bonchev–Trinajstić information content (AvgIpc) is 2.99. The lowest BCUT2D eigenvalue weighted by Crippen LogP contribution is -2.69. The van der Waals surface area contributed by atoms with Crippen molar-refractivity contribution in [3.8, 4) is 0 Å². The van der Waals surface area contributed by atoms with Gasteiger partial charge in [-0.1, -0.05) is 0 Å². The number of carbonyl (C=O) groups is 2. The minimum absolute atomic E-state index is 0.190. The first kappa shape index (κ1) is 17.0. The van der Waals surface area contributed by atoms with Crippen molar-refractivity contribution in [3.63, 3.8) is 0 Å². The van der Waals surface area contributed by atoms with Gasteiger partial charge in [0.2, 0.25) is 11.8 Å². The number of carbonyl (C=O) groups excluding carboxylic acids is 2. The lowest BCUT2D eigenvalue weighted by molar-refractivity contribution is -0.149. The Labute approximate surface area is 141 Å². The van der Waals surface area contributed by atoms with Crippen LogP contribution in [-0.2, 0) is 20.6 Å². The van der Waals surface area contributed by atoms with E-state index in [1.165, 1.54) is 28.0 Å². The van der Waals surface area contributed by atoms with Gasteiger partial charge in [0.25, 0.3) is 0 Å². The highest BCUT2D eigenvalue weighted by molar-refractivity contribution is 8.02. The quantitative estimate of drug-likeness (QED) is 0.534. The molecule has 0 aromatic carbocycles. The van der Waals surface area contributed by atoms with Crippen LogP contribution in [0.3, 0.4) is 0 Å². The van der Waals surface area contributed by atoms with E-state index in [2.05, 4.69) is 5.32 Å². The van der Waals surface area contributed by atoms with E-state index in [0.29, 0.717) is 0 Å². The molecule has 2 fully saturated rings. The van der Waals surface area contributed by atoms with E-state index in [9.17, 15) is 23.9 Å². The Bertz CT molecular complexity index is 687. The monoisotopic (exact) mass is 376 g/mol. The van der Waals surface area contributed by atoms with Crippen molar-refractivity contribution < 1.29 is 23.9 Å². The van der Waals surface area contributed by atoms with Crippen molar-refractivity contribution in [2.24, 2.45) is 0 Å². The van der Waals surface area contributed by atoms with Crippen LogP contribution >= 0.6 is 30.7 Å². The molecule has 23 heavy (non-hydrogen) atoms. The van der Waals surface area contributed by atoms with Crippen LogP contribution in [0.4, 0.5) is 0 Å². The molecule has 3 N–H and O–H groups in total. The number of thiophene rings is 1. The Kier molecular flexibility index (Phi) is 4.13. The zero-order valence-corrected chi connectivity index (χ0v) is 15.0. The topological polar surface area (TPSA) is 107 Å². The molecule has 0 bridgehead atoms. The molecule has 1 aromatic rings.